The number of benzene rings is 2. The zero-order valence-electron chi connectivity index (χ0n) is 11.2. The zero-order valence-corrected chi connectivity index (χ0v) is 11.2. The lowest BCUT2D eigenvalue weighted by atomic mass is 10.0. The van der Waals surface area contributed by atoms with Crippen LogP contribution < -0.4 is 5.73 Å². The van der Waals surface area contributed by atoms with Gasteiger partial charge in [-0.2, -0.15) is 0 Å². The molecule has 0 spiro atoms. The van der Waals surface area contributed by atoms with Crippen LogP contribution in [0.25, 0.3) is 10.9 Å². The highest BCUT2D eigenvalue weighted by atomic mass is 19.1. The fraction of sp³-hybridized carbons (Fsp3) is 0.118. The summed E-state index contributed by atoms with van der Waals surface area (Å²) in [5, 5.41) is 1.08. The molecule has 0 aliphatic carbocycles. The van der Waals surface area contributed by atoms with E-state index in [2.05, 4.69) is 4.98 Å². The highest BCUT2D eigenvalue weighted by Gasteiger charge is 2.08. The molecule has 2 N–H and O–H groups in total. The Morgan fingerprint density at radius 2 is 1.90 bits per heavy atom. The van der Waals surface area contributed by atoms with Gasteiger partial charge in [0, 0.05) is 23.2 Å². The van der Waals surface area contributed by atoms with Crippen LogP contribution in [0.1, 0.15) is 16.8 Å². The normalized spacial score (nSPS) is 10.9. The molecule has 3 aromatic rings. The summed E-state index contributed by atoms with van der Waals surface area (Å²) in [5.74, 6) is -0.230. The van der Waals surface area contributed by atoms with Crippen LogP contribution in [0.15, 0.2) is 48.5 Å². The maximum Gasteiger partial charge on any atom is 0.127 e. The molecule has 0 amide bonds. The maximum absolute atomic E-state index is 13.9. The lowest BCUT2D eigenvalue weighted by Gasteiger charge is -2.08. The highest BCUT2D eigenvalue weighted by Crippen LogP contribution is 2.20. The van der Waals surface area contributed by atoms with Gasteiger partial charge in [0.15, 0.2) is 0 Å². The van der Waals surface area contributed by atoms with Crippen molar-refractivity contribution in [2.24, 2.45) is 0 Å². The van der Waals surface area contributed by atoms with Crippen LogP contribution in [0.2, 0.25) is 0 Å². The number of nitrogen functional groups attached to an aromatic ring is 1. The van der Waals surface area contributed by atoms with Crippen molar-refractivity contribution in [1.29, 1.82) is 0 Å². The number of fused-ring (bicyclic) bond motifs is 1. The van der Waals surface area contributed by atoms with Gasteiger partial charge in [-0.1, -0.05) is 24.3 Å². The molecule has 0 bridgehead atoms. The molecule has 0 saturated carbocycles. The lowest BCUT2D eigenvalue weighted by Crippen LogP contribution is -1.99. The molecule has 0 saturated heterocycles. The Morgan fingerprint density at radius 3 is 2.75 bits per heavy atom. The predicted octanol–water partition coefficient (Wildman–Crippen LogP) is 3.86. The fourth-order valence-corrected chi connectivity index (χ4v) is 2.27. The van der Waals surface area contributed by atoms with Gasteiger partial charge in [-0.3, -0.25) is 4.98 Å². The van der Waals surface area contributed by atoms with E-state index in [1.54, 1.807) is 13.0 Å². The lowest BCUT2D eigenvalue weighted by molar-refractivity contribution is 0.612. The zero-order chi connectivity index (χ0) is 14.1. The van der Waals surface area contributed by atoms with Crippen molar-refractivity contribution in [2.45, 2.75) is 13.3 Å². The van der Waals surface area contributed by atoms with Crippen LogP contribution in [-0.2, 0) is 6.42 Å². The smallest absolute Gasteiger partial charge is 0.127 e. The van der Waals surface area contributed by atoms with Crippen molar-refractivity contribution in [2.75, 3.05) is 5.73 Å². The fourth-order valence-electron chi connectivity index (χ4n) is 2.27. The average Bonchev–Trinajstić information content (AvgIpc) is 2.44. The molecule has 2 nitrogen and oxygen atoms in total. The third-order valence-corrected chi connectivity index (χ3v) is 3.46. The Balaban J connectivity index is 1.99. The Morgan fingerprint density at radius 1 is 1.10 bits per heavy atom. The van der Waals surface area contributed by atoms with Crippen molar-refractivity contribution in [1.82, 2.24) is 4.98 Å². The summed E-state index contributed by atoms with van der Waals surface area (Å²) in [6.07, 6.45) is 0.446. The Bertz CT molecular complexity index is 781. The molecule has 20 heavy (non-hydrogen) atoms. The third-order valence-electron chi connectivity index (χ3n) is 3.46. The van der Waals surface area contributed by atoms with Gasteiger partial charge >= 0.3 is 0 Å². The topological polar surface area (TPSA) is 38.9 Å². The van der Waals surface area contributed by atoms with Gasteiger partial charge in [-0.25, -0.2) is 4.39 Å². The number of anilines is 1. The second-order valence-electron chi connectivity index (χ2n) is 4.97. The molecular formula is C17H15FN2. The number of aryl methyl sites for hydroxylation is 1. The summed E-state index contributed by atoms with van der Waals surface area (Å²) in [4.78, 5) is 4.56. The second kappa shape index (κ2) is 4.93. The van der Waals surface area contributed by atoms with Crippen molar-refractivity contribution >= 4 is 16.6 Å². The van der Waals surface area contributed by atoms with E-state index in [1.807, 2.05) is 36.4 Å². The van der Waals surface area contributed by atoms with Crippen LogP contribution in [-0.4, -0.2) is 4.98 Å². The van der Waals surface area contributed by atoms with Crippen LogP contribution in [0, 0.1) is 12.7 Å². The van der Waals surface area contributed by atoms with E-state index in [-0.39, 0.29) is 5.82 Å². The number of halogens is 1. The van der Waals surface area contributed by atoms with E-state index in [1.165, 1.54) is 6.07 Å². The number of nitrogens with two attached hydrogens (primary N) is 1. The SMILES string of the molecule is Cc1cc(F)c(Cc2ccc3ccccc3n2)cc1N. The van der Waals surface area contributed by atoms with Gasteiger partial charge < -0.3 is 5.73 Å². The molecule has 3 rings (SSSR count). The van der Waals surface area contributed by atoms with Crippen molar-refractivity contribution in [3.05, 3.63) is 71.2 Å². The summed E-state index contributed by atoms with van der Waals surface area (Å²) >= 11 is 0. The molecular weight excluding hydrogens is 251 g/mol. The van der Waals surface area contributed by atoms with Gasteiger partial charge in [0.25, 0.3) is 0 Å². The molecule has 1 aromatic heterocycles. The Kier molecular flexibility index (Phi) is 3.11. The first-order chi connectivity index (χ1) is 9.63. The van der Waals surface area contributed by atoms with Gasteiger partial charge in [0.2, 0.25) is 0 Å². The quantitative estimate of drug-likeness (QED) is 0.715. The van der Waals surface area contributed by atoms with Crippen LogP contribution in [0.3, 0.4) is 0 Å². The molecule has 1 heterocycles. The highest BCUT2D eigenvalue weighted by molar-refractivity contribution is 5.78. The van der Waals surface area contributed by atoms with E-state index >= 15 is 0 Å². The minimum atomic E-state index is -0.230. The van der Waals surface area contributed by atoms with Crippen molar-refractivity contribution in [3.8, 4) is 0 Å². The minimum Gasteiger partial charge on any atom is -0.399 e. The Hall–Kier alpha value is -2.42. The summed E-state index contributed by atoms with van der Waals surface area (Å²) in [7, 11) is 0. The number of para-hydroxylation sites is 1. The number of rotatable bonds is 2. The van der Waals surface area contributed by atoms with E-state index < -0.39 is 0 Å². The summed E-state index contributed by atoms with van der Waals surface area (Å²) < 4.78 is 13.9. The molecule has 2 aromatic carbocycles. The first-order valence-corrected chi connectivity index (χ1v) is 6.52. The first kappa shape index (κ1) is 12.6. The molecule has 0 aliphatic rings. The van der Waals surface area contributed by atoms with Gasteiger partial charge in [-0.15, -0.1) is 0 Å². The van der Waals surface area contributed by atoms with Crippen molar-refractivity contribution in [3.63, 3.8) is 0 Å². The second-order valence-corrected chi connectivity index (χ2v) is 4.97. The summed E-state index contributed by atoms with van der Waals surface area (Å²) in [6, 6.07) is 15.0. The molecule has 0 unspecified atom stereocenters. The van der Waals surface area contributed by atoms with E-state index in [0.717, 1.165) is 22.2 Å². The van der Waals surface area contributed by atoms with E-state index in [4.69, 9.17) is 5.73 Å². The average molecular weight is 266 g/mol. The van der Waals surface area contributed by atoms with E-state index in [0.29, 0.717) is 17.7 Å². The van der Waals surface area contributed by atoms with Gasteiger partial charge in [-0.05, 0) is 42.3 Å². The molecule has 0 fully saturated rings. The molecule has 3 heteroatoms. The van der Waals surface area contributed by atoms with Crippen LogP contribution in [0.5, 0.6) is 0 Å². The number of hydrogen-bond acceptors (Lipinski definition) is 2. The monoisotopic (exact) mass is 266 g/mol. The summed E-state index contributed by atoms with van der Waals surface area (Å²) in [5.41, 5.74) is 9.56. The van der Waals surface area contributed by atoms with Gasteiger partial charge in [0.1, 0.15) is 5.82 Å². The van der Waals surface area contributed by atoms with Crippen molar-refractivity contribution < 1.29 is 4.39 Å². The number of aromatic nitrogens is 1. The van der Waals surface area contributed by atoms with Gasteiger partial charge in [0.05, 0.1) is 5.52 Å². The molecule has 0 aliphatic heterocycles. The molecule has 0 radical (unpaired) electrons. The molecule has 100 valence electrons. The predicted molar refractivity (Wildman–Crippen MR) is 80.1 cm³/mol. The molecule has 0 atom stereocenters. The number of hydrogen-bond donors (Lipinski definition) is 1. The largest absolute Gasteiger partial charge is 0.399 e. The van der Waals surface area contributed by atoms with Crippen LogP contribution >= 0.6 is 0 Å². The minimum absolute atomic E-state index is 0.230. The third kappa shape index (κ3) is 2.35. The number of nitrogens with zero attached hydrogens (tertiary/aromatic N) is 1. The van der Waals surface area contributed by atoms with Crippen LogP contribution in [0.4, 0.5) is 10.1 Å². The maximum atomic E-state index is 13.9. The Labute approximate surface area is 117 Å². The summed E-state index contributed by atoms with van der Waals surface area (Å²) in [6.45, 7) is 1.80. The first-order valence-electron chi connectivity index (χ1n) is 6.52. The standard InChI is InChI=1S/C17H15FN2/c1-11-8-15(18)13(10-16(11)19)9-14-7-6-12-4-2-3-5-17(12)20-14/h2-8,10H,9,19H2,1H3. The number of pyridine rings is 1. The van der Waals surface area contributed by atoms with E-state index in [9.17, 15) is 4.39 Å².